The molecule has 2 atom stereocenters. The molecule has 0 aliphatic rings. The van der Waals surface area contributed by atoms with Crippen LogP contribution in [-0.4, -0.2) is 49.9 Å². The topological polar surface area (TPSA) is 117 Å². The summed E-state index contributed by atoms with van der Waals surface area (Å²) in [5.74, 6) is -0.334. The van der Waals surface area contributed by atoms with Gasteiger partial charge in [0.25, 0.3) is 0 Å². The molecule has 0 heterocycles. The summed E-state index contributed by atoms with van der Waals surface area (Å²) in [4.78, 5) is 22.3. The van der Waals surface area contributed by atoms with E-state index in [1.165, 1.54) is 103 Å². The lowest BCUT2D eigenvalue weighted by Crippen LogP contribution is -2.28. The number of unbranched alkanes of at least 4 members (excludes halogenated alkanes) is 18. The minimum Gasteiger partial charge on any atom is -0.457 e. The van der Waals surface area contributed by atoms with Gasteiger partial charge in [-0.2, -0.15) is 0 Å². The van der Waals surface area contributed by atoms with Gasteiger partial charge in [-0.05, 0) is 32.1 Å². The van der Waals surface area contributed by atoms with Crippen LogP contribution in [-0.2, 0) is 27.9 Å². The second kappa shape index (κ2) is 31.7. The monoisotopic (exact) mass is 619 g/mol. The molecule has 2 unspecified atom stereocenters. The third-order valence-electron chi connectivity index (χ3n) is 7.18. The van der Waals surface area contributed by atoms with Gasteiger partial charge in [-0.3, -0.25) is 13.8 Å². The predicted octanol–water partition coefficient (Wildman–Crippen LogP) is 9.19. The van der Waals surface area contributed by atoms with Crippen LogP contribution in [0.25, 0.3) is 0 Å². The molecule has 250 valence electrons. The normalized spacial score (nSPS) is 13.9. The van der Waals surface area contributed by atoms with E-state index in [4.69, 9.17) is 24.3 Å². The van der Waals surface area contributed by atoms with Crippen molar-refractivity contribution >= 4 is 13.8 Å². The molecule has 0 aromatic carbocycles. The maximum absolute atomic E-state index is 12.4. The van der Waals surface area contributed by atoms with Crippen molar-refractivity contribution in [2.24, 2.45) is 5.73 Å². The summed E-state index contributed by atoms with van der Waals surface area (Å²) in [5, 5.41) is 0. The van der Waals surface area contributed by atoms with Crippen molar-refractivity contribution < 1.29 is 32.8 Å². The first kappa shape index (κ1) is 41.2. The number of nitrogens with two attached hydrogens (primary N) is 1. The SMILES string of the molecule is CCCC/C=C\CCCCCCCCOCC(COP(=O)(O)OCCN)OC(=O)CCCCCCCCCCCCC. The van der Waals surface area contributed by atoms with E-state index in [0.29, 0.717) is 13.0 Å². The molecule has 0 aromatic rings. The van der Waals surface area contributed by atoms with Gasteiger partial charge in [0.05, 0.1) is 19.8 Å². The maximum atomic E-state index is 12.4. The second-order valence-corrected chi connectivity index (χ2v) is 12.8. The van der Waals surface area contributed by atoms with Gasteiger partial charge < -0.3 is 20.1 Å². The van der Waals surface area contributed by atoms with Gasteiger partial charge in [-0.25, -0.2) is 4.57 Å². The van der Waals surface area contributed by atoms with Gasteiger partial charge in [-0.1, -0.05) is 129 Å². The Morgan fingerprint density at radius 1 is 0.690 bits per heavy atom. The summed E-state index contributed by atoms with van der Waals surface area (Å²) in [5.41, 5.74) is 5.33. The third kappa shape index (κ3) is 30.7. The van der Waals surface area contributed by atoms with E-state index in [1.807, 2.05) is 0 Å². The Bertz CT molecular complexity index is 662. The third-order valence-corrected chi connectivity index (χ3v) is 8.17. The summed E-state index contributed by atoms with van der Waals surface area (Å²) in [6.07, 6.45) is 29.3. The summed E-state index contributed by atoms with van der Waals surface area (Å²) >= 11 is 0. The molecule has 0 amide bonds. The first-order valence-corrected chi connectivity index (χ1v) is 18.7. The highest BCUT2D eigenvalue weighted by Gasteiger charge is 2.25. The van der Waals surface area contributed by atoms with Crippen molar-refractivity contribution in [3.05, 3.63) is 12.2 Å². The number of allylic oxidation sites excluding steroid dienone is 2. The van der Waals surface area contributed by atoms with Crippen LogP contribution in [0.2, 0.25) is 0 Å². The van der Waals surface area contributed by atoms with E-state index in [-0.39, 0.29) is 32.3 Å². The molecule has 8 nitrogen and oxygen atoms in total. The second-order valence-electron chi connectivity index (χ2n) is 11.4. The minimum atomic E-state index is -4.26. The fourth-order valence-corrected chi connectivity index (χ4v) is 5.39. The number of ether oxygens (including phenoxy) is 2. The Morgan fingerprint density at radius 3 is 1.81 bits per heavy atom. The smallest absolute Gasteiger partial charge is 0.457 e. The largest absolute Gasteiger partial charge is 0.472 e. The number of carbonyl (C=O) groups is 1. The van der Waals surface area contributed by atoms with Crippen LogP contribution in [0.3, 0.4) is 0 Å². The molecule has 0 bridgehead atoms. The molecule has 0 fully saturated rings. The molecular formula is C33H66NO7P. The quantitative estimate of drug-likeness (QED) is 0.0323. The van der Waals surface area contributed by atoms with Crippen LogP contribution in [0.15, 0.2) is 12.2 Å². The molecule has 9 heteroatoms. The molecule has 0 aromatic heterocycles. The summed E-state index contributed by atoms with van der Waals surface area (Å²) < 4.78 is 33.1. The highest BCUT2D eigenvalue weighted by molar-refractivity contribution is 7.47. The van der Waals surface area contributed by atoms with Gasteiger partial charge >= 0.3 is 13.8 Å². The van der Waals surface area contributed by atoms with Gasteiger partial charge in [0.1, 0.15) is 6.10 Å². The van der Waals surface area contributed by atoms with Crippen LogP contribution in [0.5, 0.6) is 0 Å². The van der Waals surface area contributed by atoms with Crippen LogP contribution in [0.1, 0.15) is 155 Å². The fraction of sp³-hybridized carbons (Fsp3) is 0.909. The minimum absolute atomic E-state index is 0.0940. The fourth-order valence-electron chi connectivity index (χ4n) is 4.62. The number of carbonyl (C=O) groups excluding carboxylic acids is 1. The van der Waals surface area contributed by atoms with Gasteiger partial charge in [0, 0.05) is 19.6 Å². The first-order chi connectivity index (χ1) is 20.4. The molecule has 42 heavy (non-hydrogen) atoms. The van der Waals surface area contributed by atoms with E-state index in [0.717, 1.165) is 32.1 Å². The van der Waals surface area contributed by atoms with Gasteiger partial charge in [-0.15, -0.1) is 0 Å². The van der Waals surface area contributed by atoms with Crippen molar-refractivity contribution in [1.82, 2.24) is 0 Å². The zero-order chi connectivity index (χ0) is 31.0. The number of phosphoric ester groups is 1. The molecule has 3 N–H and O–H groups in total. The number of esters is 1. The molecular weight excluding hydrogens is 553 g/mol. The number of rotatable bonds is 33. The Hall–Kier alpha value is -0.760. The molecule has 0 spiro atoms. The first-order valence-electron chi connectivity index (χ1n) is 17.2. The Kier molecular flexibility index (Phi) is 31.1. The van der Waals surface area contributed by atoms with E-state index < -0.39 is 13.9 Å². The molecule has 0 saturated heterocycles. The zero-order valence-corrected chi connectivity index (χ0v) is 28.1. The lowest BCUT2D eigenvalue weighted by molar-refractivity contribution is -0.154. The summed E-state index contributed by atoms with van der Waals surface area (Å²) in [7, 11) is -4.26. The van der Waals surface area contributed by atoms with Crippen molar-refractivity contribution in [2.75, 3.05) is 33.0 Å². The standard InChI is InChI=1S/C33H66NO7P/c1-3-5-7-9-11-13-15-17-19-21-23-25-28-38-30-32(31-40-42(36,37)39-29-27-34)41-33(35)26-24-22-20-18-16-14-12-10-8-6-4-2/h9,11,32H,3-8,10,12-31,34H2,1-2H3,(H,36,37)/b11-9-. The highest BCUT2D eigenvalue weighted by atomic mass is 31.2. The number of phosphoric acid groups is 1. The van der Waals surface area contributed by atoms with Crippen molar-refractivity contribution in [3.8, 4) is 0 Å². The van der Waals surface area contributed by atoms with E-state index in [1.54, 1.807) is 0 Å². The Morgan fingerprint density at radius 2 is 1.21 bits per heavy atom. The van der Waals surface area contributed by atoms with Crippen molar-refractivity contribution in [2.45, 2.75) is 161 Å². The Labute approximate surface area is 258 Å². The highest BCUT2D eigenvalue weighted by Crippen LogP contribution is 2.43. The lowest BCUT2D eigenvalue weighted by Gasteiger charge is -2.20. The summed E-state index contributed by atoms with van der Waals surface area (Å²) in [6, 6.07) is 0. The van der Waals surface area contributed by atoms with Crippen LogP contribution < -0.4 is 5.73 Å². The Balaban J connectivity index is 4.13. The molecule has 0 aliphatic heterocycles. The average Bonchev–Trinajstić information content (AvgIpc) is 2.97. The van der Waals surface area contributed by atoms with Crippen LogP contribution in [0.4, 0.5) is 0 Å². The maximum Gasteiger partial charge on any atom is 0.472 e. The lowest BCUT2D eigenvalue weighted by atomic mass is 10.1. The predicted molar refractivity (Wildman–Crippen MR) is 174 cm³/mol. The van der Waals surface area contributed by atoms with Gasteiger partial charge in [0.15, 0.2) is 0 Å². The number of hydrogen-bond acceptors (Lipinski definition) is 7. The molecule has 0 radical (unpaired) electrons. The average molecular weight is 620 g/mol. The summed E-state index contributed by atoms with van der Waals surface area (Å²) in [6.45, 7) is 4.86. The van der Waals surface area contributed by atoms with E-state index >= 15 is 0 Å². The van der Waals surface area contributed by atoms with Crippen LogP contribution in [0, 0.1) is 0 Å². The van der Waals surface area contributed by atoms with Crippen molar-refractivity contribution in [3.63, 3.8) is 0 Å². The van der Waals surface area contributed by atoms with E-state index in [9.17, 15) is 14.3 Å². The van der Waals surface area contributed by atoms with E-state index in [2.05, 4.69) is 26.0 Å². The van der Waals surface area contributed by atoms with Crippen molar-refractivity contribution in [1.29, 1.82) is 0 Å². The number of hydrogen-bond donors (Lipinski definition) is 2. The van der Waals surface area contributed by atoms with Gasteiger partial charge in [0.2, 0.25) is 0 Å². The van der Waals surface area contributed by atoms with Crippen LogP contribution >= 0.6 is 7.82 Å². The molecule has 0 saturated carbocycles. The molecule has 0 rings (SSSR count). The molecule has 0 aliphatic carbocycles. The zero-order valence-electron chi connectivity index (χ0n) is 27.2.